The Morgan fingerprint density at radius 2 is 1.96 bits per heavy atom. The summed E-state index contributed by atoms with van der Waals surface area (Å²) in [6.07, 6.45) is 8.73. The number of benzene rings is 1. The van der Waals surface area contributed by atoms with Gasteiger partial charge in [-0.15, -0.1) is 12.4 Å². The van der Waals surface area contributed by atoms with E-state index in [0.29, 0.717) is 13.0 Å². The number of carbonyl (C=O) groups is 1. The van der Waals surface area contributed by atoms with Gasteiger partial charge in [-0.3, -0.25) is 4.79 Å². The van der Waals surface area contributed by atoms with Gasteiger partial charge in [-0.1, -0.05) is 43.5 Å². The van der Waals surface area contributed by atoms with Crippen molar-refractivity contribution in [1.82, 2.24) is 4.90 Å². The Morgan fingerprint density at radius 3 is 2.65 bits per heavy atom. The first-order chi connectivity index (χ1) is 10.7. The van der Waals surface area contributed by atoms with Crippen LogP contribution in [0.4, 0.5) is 0 Å². The van der Waals surface area contributed by atoms with Gasteiger partial charge in [0.1, 0.15) is 0 Å². The summed E-state index contributed by atoms with van der Waals surface area (Å²) in [4.78, 5) is 14.8. The van der Waals surface area contributed by atoms with Crippen LogP contribution in [-0.2, 0) is 11.2 Å². The van der Waals surface area contributed by atoms with E-state index in [1.165, 1.54) is 30.4 Å². The number of fused-ring (bicyclic) bond motifs is 1. The van der Waals surface area contributed by atoms with Crippen molar-refractivity contribution in [3.05, 3.63) is 35.4 Å². The lowest BCUT2D eigenvalue weighted by molar-refractivity contribution is -0.135. The highest BCUT2D eigenvalue weighted by Gasteiger charge is 2.36. The maximum atomic E-state index is 12.8. The smallest absolute Gasteiger partial charge is 0.223 e. The number of nitrogens with two attached hydrogens (primary N) is 1. The Kier molecular flexibility index (Phi) is 6.10. The molecule has 128 valence electrons. The first-order valence-electron chi connectivity index (χ1n) is 8.69. The second-order valence-electron chi connectivity index (χ2n) is 7.20. The molecule has 3 nitrogen and oxygen atoms in total. The predicted molar refractivity (Wildman–Crippen MR) is 96.7 cm³/mol. The molecule has 2 aliphatic carbocycles. The van der Waals surface area contributed by atoms with E-state index in [-0.39, 0.29) is 29.8 Å². The number of carbonyl (C=O) groups excluding carboxylic acids is 1. The average Bonchev–Trinajstić information content (AvgIpc) is 2.99. The van der Waals surface area contributed by atoms with E-state index in [9.17, 15) is 4.79 Å². The molecule has 3 rings (SSSR count). The maximum absolute atomic E-state index is 12.8. The normalized spacial score (nSPS) is 22.1. The predicted octanol–water partition coefficient (Wildman–Crippen LogP) is 3.85. The molecule has 1 atom stereocenters. The van der Waals surface area contributed by atoms with Gasteiger partial charge in [-0.05, 0) is 48.8 Å². The standard InChI is InChI=1S/C19H28N2O.ClH/c1-21(17-10-9-15-7-3-4-8-16(15)17)18(22)13-19(14-20)11-5-2-6-12-19;/h3-4,7-8,17H,2,5-6,9-14,20H2,1H3;1H. The molecule has 0 aliphatic heterocycles. The molecule has 0 radical (unpaired) electrons. The lowest BCUT2D eigenvalue weighted by atomic mass is 9.71. The second-order valence-corrected chi connectivity index (χ2v) is 7.20. The van der Waals surface area contributed by atoms with E-state index in [1.54, 1.807) is 0 Å². The molecule has 1 amide bonds. The Hall–Kier alpha value is -1.06. The van der Waals surface area contributed by atoms with Crippen LogP contribution in [0.3, 0.4) is 0 Å². The van der Waals surface area contributed by atoms with Crippen molar-refractivity contribution in [2.45, 2.75) is 57.4 Å². The zero-order valence-electron chi connectivity index (χ0n) is 14.1. The summed E-state index contributed by atoms with van der Waals surface area (Å²) in [7, 11) is 1.97. The number of nitrogens with zero attached hydrogens (tertiary/aromatic N) is 1. The summed E-state index contributed by atoms with van der Waals surface area (Å²) in [5.41, 5.74) is 8.84. The van der Waals surface area contributed by atoms with Gasteiger partial charge in [0, 0.05) is 13.5 Å². The number of aryl methyl sites for hydroxylation is 1. The lowest BCUT2D eigenvalue weighted by Gasteiger charge is -2.37. The topological polar surface area (TPSA) is 46.3 Å². The Morgan fingerprint density at radius 1 is 1.26 bits per heavy atom. The summed E-state index contributed by atoms with van der Waals surface area (Å²) in [5.74, 6) is 0.272. The van der Waals surface area contributed by atoms with Crippen LogP contribution in [0.1, 0.15) is 62.1 Å². The Labute approximate surface area is 146 Å². The van der Waals surface area contributed by atoms with Crippen molar-refractivity contribution in [3.63, 3.8) is 0 Å². The van der Waals surface area contributed by atoms with E-state index in [0.717, 1.165) is 25.7 Å². The largest absolute Gasteiger partial charge is 0.339 e. The van der Waals surface area contributed by atoms with Gasteiger partial charge < -0.3 is 10.6 Å². The second kappa shape index (κ2) is 7.67. The molecule has 0 bridgehead atoms. The molecular formula is C19H29ClN2O. The van der Waals surface area contributed by atoms with Crippen molar-refractivity contribution < 1.29 is 4.79 Å². The van der Waals surface area contributed by atoms with Crippen LogP contribution in [0, 0.1) is 5.41 Å². The molecule has 0 spiro atoms. The Bertz CT molecular complexity index is 540. The summed E-state index contributed by atoms with van der Waals surface area (Å²) in [5, 5.41) is 0. The molecule has 23 heavy (non-hydrogen) atoms. The van der Waals surface area contributed by atoms with Gasteiger partial charge in [0.05, 0.1) is 6.04 Å². The third kappa shape index (κ3) is 3.72. The molecule has 2 aliphatic rings. The molecule has 1 fully saturated rings. The molecular weight excluding hydrogens is 308 g/mol. The van der Waals surface area contributed by atoms with Crippen LogP contribution in [-0.4, -0.2) is 24.4 Å². The molecule has 0 saturated heterocycles. The quantitative estimate of drug-likeness (QED) is 0.907. The summed E-state index contributed by atoms with van der Waals surface area (Å²) >= 11 is 0. The third-order valence-electron chi connectivity index (χ3n) is 5.84. The van der Waals surface area contributed by atoms with Gasteiger partial charge in [-0.2, -0.15) is 0 Å². The minimum atomic E-state index is 0. The highest BCUT2D eigenvalue weighted by atomic mass is 35.5. The molecule has 1 saturated carbocycles. The number of hydrogen-bond acceptors (Lipinski definition) is 2. The minimum absolute atomic E-state index is 0. The van der Waals surface area contributed by atoms with Gasteiger partial charge in [0.15, 0.2) is 0 Å². The van der Waals surface area contributed by atoms with Crippen molar-refractivity contribution >= 4 is 18.3 Å². The Balaban J connectivity index is 0.00000192. The first kappa shape index (κ1) is 18.3. The third-order valence-corrected chi connectivity index (χ3v) is 5.84. The molecule has 1 aromatic carbocycles. The van der Waals surface area contributed by atoms with E-state index in [4.69, 9.17) is 5.73 Å². The number of halogens is 1. The minimum Gasteiger partial charge on any atom is -0.339 e. The van der Waals surface area contributed by atoms with E-state index >= 15 is 0 Å². The maximum Gasteiger partial charge on any atom is 0.223 e. The highest BCUT2D eigenvalue weighted by molar-refractivity contribution is 5.85. The fraction of sp³-hybridized carbons (Fsp3) is 0.632. The monoisotopic (exact) mass is 336 g/mol. The fourth-order valence-electron chi connectivity index (χ4n) is 4.31. The van der Waals surface area contributed by atoms with Crippen LogP contribution >= 0.6 is 12.4 Å². The highest BCUT2D eigenvalue weighted by Crippen LogP contribution is 2.40. The average molecular weight is 337 g/mol. The molecule has 2 N–H and O–H groups in total. The van der Waals surface area contributed by atoms with Gasteiger partial charge in [-0.25, -0.2) is 0 Å². The molecule has 1 aromatic rings. The van der Waals surface area contributed by atoms with E-state index in [2.05, 4.69) is 24.3 Å². The number of hydrogen-bond donors (Lipinski definition) is 1. The van der Waals surface area contributed by atoms with Crippen molar-refractivity contribution in [2.24, 2.45) is 11.1 Å². The van der Waals surface area contributed by atoms with Crippen LogP contribution in [0.5, 0.6) is 0 Å². The zero-order valence-corrected chi connectivity index (χ0v) is 14.9. The SMILES string of the molecule is CN(C(=O)CC1(CN)CCCCC1)C1CCc2ccccc21.Cl. The van der Waals surface area contributed by atoms with Crippen LogP contribution in [0.15, 0.2) is 24.3 Å². The zero-order chi connectivity index (χ0) is 15.6. The van der Waals surface area contributed by atoms with Crippen LogP contribution in [0.2, 0.25) is 0 Å². The van der Waals surface area contributed by atoms with E-state index in [1.807, 2.05) is 11.9 Å². The number of rotatable bonds is 4. The molecule has 1 unspecified atom stereocenters. The van der Waals surface area contributed by atoms with Gasteiger partial charge in [0.2, 0.25) is 5.91 Å². The molecule has 0 heterocycles. The molecule has 4 heteroatoms. The summed E-state index contributed by atoms with van der Waals surface area (Å²) in [6, 6.07) is 8.79. The first-order valence-corrected chi connectivity index (χ1v) is 8.69. The van der Waals surface area contributed by atoms with Crippen molar-refractivity contribution in [1.29, 1.82) is 0 Å². The van der Waals surface area contributed by atoms with Gasteiger partial charge in [0.25, 0.3) is 0 Å². The van der Waals surface area contributed by atoms with Crippen LogP contribution < -0.4 is 5.73 Å². The lowest BCUT2D eigenvalue weighted by Crippen LogP contribution is -2.40. The van der Waals surface area contributed by atoms with Gasteiger partial charge >= 0.3 is 0 Å². The fourth-order valence-corrected chi connectivity index (χ4v) is 4.31. The molecule has 0 aromatic heterocycles. The van der Waals surface area contributed by atoms with Crippen molar-refractivity contribution in [2.75, 3.05) is 13.6 Å². The number of amides is 1. The van der Waals surface area contributed by atoms with Crippen LogP contribution in [0.25, 0.3) is 0 Å². The van der Waals surface area contributed by atoms with E-state index < -0.39 is 0 Å². The van der Waals surface area contributed by atoms with Crippen molar-refractivity contribution in [3.8, 4) is 0 Å². The summed E-state index contributed by atoms with van der Waals surface area (Å²) < 4.78 is 0. The summed E-state index contributed by atoms with van der Waals surface area (Å²) in [6.45, 7) is 0.647.